The van der Waals surface area contributed by atoms with Gasteiger partial charge in [0.15, 0.2) is 12.1 Å². The van der Waals surface area contributed by atoms with Crippen LogP contribution in [0, 0.1) is 0 Å². The standard InChI is InChI=1S/C19H23NO5/c1-19(2)24-17-16-15(23-18(17)25-19)12-7-13(21-10-12)8-20-14-6-4-3-5-11(14)9-22-16/h3-6,10,13,15-18,20H,7-9H2,1-2H3/t13?,15-,16+,17-,18-/m1/s1. The van der Waals surface area contributed by atoms with Gasteiger partial charge in [-0.25, -0.2) is 0 Å². The first-order chi connectivity index (χ1) is 12.1. The minimum absolute atomic E-state index is 0.101. The Labute approximate surface area is 147 Å². The van der Waals surface area contributed by atoms with E-state index in [0.29, 0.717) is 6.61 Å². The van der Waals surface area contributed by atoms with Crippen molar-refractivity contribution in [1.29, 1.82) is 0 Å². The quantitative estimate of drug-likeness (QED) is 0.780. The molecule has 0 spiro atoms. The maximum absolute atomic E-state index is 6.32. The summed E-state index contributed by atoms with van der Waals surface area (Å²) in [4.78, 5) is 0. The van der Waals surface area contributed by atoms with Crippen molar-refractivity contribution in [3.05, 3.63) is 41.7 Å². The smallest absolute Gasteiger partial charge is 0.190 e. The molecule has 1 aromatic rings. The zero-order valence-electron chi connectivity index (χ0n) is 14.4. The van der Waals surface area contributed by atoms with Crippen LogP contribution in [0.3, 0.4) is 0 Å². The fourth-order valence-corrected chi connectivity index (χ4v) is 4.03. The SMILES string of the molecule is CC1(C)O[C@H]2O[C@@H]3C4=COC(CNc5ccccc5CO[C@@H]3[C@H]2O1)C4. The number of hydrogen-bond acceptors (Lipinski definition) is 6. The number of anilines is 1. The Hall–Kier alpha value is -1.60. The molecular weight excluding hydrogens is 322 g/mol. The van der Waals surface area contributed by atoms with Crippen molar-refractivity contribution in [2.45, 2.75) is 63.4 Å². The van der Waals surface area contributed by atoms with Gasteiger partial charge in [0, 0.05) is 17.7 Å². The Bertz CT molecular complexity index is 703. The molecule has 2 fully saturated rings. The number of nitrogens with one attached hydrogen (secondary N) is 1. The molecule has 1 unspecified atom stereocenters. The molecule has 5 atom stereocenters. The average molecular weight is 345 g/mol. The Balaban J connectivity index is 1.47. The second kappa shape index (κ2) is 5.71. The monoisotopic (exact) mass is 345 g/mol. The predicted molar refractivity (Wildman–Crippen MR) is 89.8 cm³/mol. The van der Waals surface area contributed by atoms with E-state index in [4.69, 9.17) is 23.7 Å². The molecule has 2 saturated heterocycles. The molecule has 1 aromatic carbocycles. The second-order valence-corrected chi connectivity index (χ2v) is 7.49. The second-order valence-electron chi connectivity index (χ2n) is 7.49. The highest BCUT2D eigenvalue weighted by atomic mass is 16.8. The van der Waals surface area contributed by atoms with E-state index < -0.39 is 12.1 Å². The van der Waals surface area contributed by atoms with E-state index in [1.54, 1.807) is 0 Å². The third-order valence-electron chi connectivity index (χ3n) is 5.20. The maximum Gasteiger partial charge on any atom is 0.190 e. The zero-order valence-corrected chi connectivity index (χ0v) is 14.4. The number of benzene rings is 1. The fraction of sp³-hybridized carbons (Fsp3) is 0.579. The third kappa shape index (κ3) is 2.73. The van der Waals surface area contributed by atoms with Gasteiger partial charge in [0.1, 0.15) is 24.4 Å². The summed E-state index contributed by atoms with van der Waals surface area (Å²) < 4.78 is 30.3. The van der Waals surface area contributed by atoms with E-state index in [-0.39, 0.29) is 24.4 Å². The van der Waals surface area contributed by atoms with Crippen LogP contribution >= 0.6 is 0 Å². The molecule has 6 nitrogen and oxygen atoms in total. The topological polar surface area (TPSA) is 58.2 Å². The largest absolute Gasteiger partial charge is 0.496 e. The van der Waals surface area contributed by atoms with Gasteiger partial charge in [0.05, 0.1) is 19.4 Å². The molecule has 0 saturated carbocycles. The molecule has 0 radical (unpaired) electrons. The number of rotatable bonds is 0. The van der Waals surface area contributed by atoms with Crippen LogP contribution in [0.25, 0.3) is 0 Å². The number of fused-ring (bicyclic) bond motifs is 7. The highest BCUT2D eigenvalue weighted by Gasteiger charge is 2.56. The molecule has 4 aliphatic rings. The van der Waals surface area contributed by atoms with Crippen molar-refractivity contribution < 1.29 is 23.7 Å². The fourth-order valence-electron chi connectivity index (χ4n) is 4.03. The van der Waals surface area contributed by atoms with E-state index in [1.165, 1.54) is 0 Å². The molecule has 0 aromatic heterocycles. The van der Waals surface area contributed by atoms with Gasteiger partial charge in [-0.05, 0) is 25.5 Å². The number of ether oxygens (including phenoxy) is 5. The summed E-state index contributed by atoms with van der Waals surface area (Å²) in [5.74, 6) is -0.654. The summed E-state index contributed by atoms with van der Waals surface area (Å²) in [5, 5.41) is 3.48. The van der Waals surface area contributed by atoms with E-state index >= 15 is 0 Å². The van der Waals surface area contributed by atoms with E-state index in [0.717, 1.165) is 29.8 Å². The number of hydrogen-bond donors (Lipinski definition) is 1. The van der Waals surface area contributed by atoms with Crippen LogP contribution in [0.2, 0.25) is 0 Å². The van der Waals surface area contributed by atoms with Crippen molar-refractivity contribution in [1.82, 2.24) is 0 Å². The van der Waals surface area contributed by atoms with Crippen molar-refractivity contribution in [2.24, 2.45) is 0 Å². The predicted octanol–water partition coefficient (Wildman–Crippen LogP) is 2.55. The summed E-state index contributed by atoms with van der Waals surface area (Å²) in [7, 11) is 0. The van der Waals surface area contributed by atoms with Crippen molar-refractivity contribution in [3.8, 4) is 0 Å². The van der Waals surface area contributed by atoms with Gasteiger partial charge in [-0.3, -0.25) is 0 Å². The zero-order chi connectivity index (χ0) is 17.0. The first-order valence-electron chi connectivity index (χ1n) is 8.88. The van der Waals surface area contributed by atoms with Crippen LogP contribution in [-0.4, -0.2) is 43.0 Å². The van der Waals surface area contributed by atoms with Crippen LogP contribution in [0.5, 0.6) is 0 Å². The third-order valence-corrected chi connectivity index (χ3v) is 5.20. The first-order valence-corrected chi connectivity index (χ1v) is 8.88. The van der Waals surface area contributed by atoms with Crippen LogP contribution in [0.4, 0.5) is 5.69 Å². The van der Waals surface area contributed by atoms with Crippen molar-refractivity contribution in [3.63, 3.8) is 0 Å². The molecule has 4 heterocycles. The molecule has 0 aliphatic carbocycles. The number of para-hydroxylation sites is 1. The van der Waals surface area contributed by atoms with E-state index in [9.17, 15) is 0 Å². The van der Waals surface area contributed by atoms with Crippen LogP contribution in [-0.2, 0) is 30.3 Å². The summed E-state index contributed by atoms with van der Waals surface area (Å²) in [6, 6.07) is 8.21. The molecule has 1 N–H and O–H groups in total. The van der Waals surface area contributed by atoms with Gasteiger partial charge in [-0.1, -0.05) is 18.2 Å². The molecule has 4 aliphatic heterocycles. The Morgan fingerprint density at radius 1 is 1.12 bits per heavy atom. The minimum atomic E-state index is -0.654. The highest BCUT2D eigenvalue weighted by molar-refractivity contribution is 5.51. The lowest BCUT2D eigenvalue weighted by atomic mass is 10.00. The Morgan fingerprint density at radius 3 is 2.92 bits per heavy atom. The van der Waals surface area contributed by atoms with Crippen LogP contribution < -0.4 is 5.32 Å². The van der Waals surface area contributed by atoms with Crippen LogP contribution in [0.15, 0.2) is 36.1 Å². The van der Waals surface area contributed by atoms with E-state index in [2.05, 4.69) is 17.4 Å². The lowest BCUT2D eigenvalue weighted by Gasteiger charge is -2.26. The minimum Gasteiger partial charge on any atom is -0.496 e. The van der Waals surface area contributed by atoms with Crippen molar-refractivity contribution in [2.75, 3.05) is 11.9 Å². The van der Waals surface area contributed by atoms with Gasteiger partial charge in [0.2, 0.25) is 0 Å². The lowest BCUT2D eigenvalue weighted by Crippen LogP contribution is -2.37. The van der Waals surface area contributed by atoms with Gasteiger partial charge in [0.25, 0.3) is 0 Å². The molecule has 6 heteroatoms. The molecule has 5 rings (SSSR count). The van der Waals surface area contributed by atoms with Gasteiger partial charge < -0.3 is 29.0 Å². The summed E-state index contributed by atoms with van der Waals surface area (Å²) >= 11 is 0. The lowest BCUT2D eigenvalue weighted by molar-refractivity contribution is -0.214. The van der Waals surface area contributed by atoms with Gasteiger partial charge >= 0.3 is 0 Å². The Morgan fingerprint density at radius 2 is 2.00 bits per heavy atom. The van der Waals surface area contributed by atoms with E-state index in [1.807, 2.05) is 32.2 Å². The van der Waals surface area contributed by atoms with Gasteiger partial charge in [-0.2, -0.15) is 0 Å². The van der Waals surface area contributed by atoms with Crippen LogP contribution in [0.1, 0.15) is 25.8 Å². The highest BCUT2D eigenvalue weighted by Crippen LogP contribution is 2.43. The average Bonchev–Trinajstić information content (AvgIpc) is 3.23. The van der Waals surface area contributed by atoms with Crippen molar-refractivity contribution >= 4 is 5.69 Å². The molecule has 134 valence electrons. The molecule has 2 bridgehead atoms. The normalized spacial score (nSPS) is 38.5. The molecular formula is C19H23NO5. The van der Waals surface area contributed by atoms with Gasteiger partial charge in [-0.15, -0.1) is 0 Å². The summed E-state index contributed by atoms with van der Waals surface area (Å²) in [6.45, 7) is 5.06. The molecule has 0 amide bonds. The Kier molecular flexibility index (Phi) is 3.57. The first kappa shape index (κ1) is 15.6. The maximum atomic E-state index is 6.32. The summed E-state index contributed by atoms with van der Waals surface area (Å²) in [6.07, 6.45) is 1.70. The summed E-state index contributed by atoms with van der Waals surface area (Å²) in [5.41, 5.74) is 3.31. The molecule has 25 heavy (non-hydrogen) atoms.